The van der Waals surface area contributed by atoms with Crippen LogP contribution in [0.3, 0.4) is 0 Å². The highest BCUT2D eigenvalue weighted by Crippen LogP contribution is 2.32. The van der Waals surface area contributed by atoms with E-state index in [1.807, 2.05) is 24.4 Å². The predicted octanol–water partition coefficient (Wildman–Crippen LogP) is 1.56. The topological polar surface area (TPSA) is 52.6 Å². The van der Waals surface area contributed by atoms with Crippen LogP contribution in [0.2, 0.25) is 0 Å². The van der Waals surface area contributed by atoms with Crippen LogP contribution in [0.15, 0.2) is 17.5 Å². The largest absolute Gasteiger partial charge is 0.375 e. The SMILES string of the molecule is CC[C@](O)(C(=O)N[C@H]1CN2CCC1CC2)c1cccs1. The second kappa shape index (κ2) is 5.47. The molecule has 2 bridgehead atoms. The van der Waals surface area contributed by atoms with Gasteiger partial charge in [0, 0.05) is 17.5 Å². The Bertz CT molecular complexity index is 468. The van der Waals surface area contributed by atoms with Gasteiger partial charge in [0.05, 0.1) is 0 Å². The zero-order valence-electron chi connectivity index (χ0n) is 11.8. The van der Waals surface area contributed by atoms with Crippen LogP contribution in [0.5, 0.6) is 0 Å². The van der Waals surface area contributed by atoms with E-state index in [0.717, 1.165) is 37.4 Å². The summed E-state index contributed by atoms with van der Waals surface area (Å²) in [6.07, 6.45) is 2.73. The third-order valence-corrected chi connectivity index (χ3v) is 5.81. The van der Waals surface area contributed by atoms with Crippen LogP contribution in [-0.4, -0.2) is 41.6 Å². The molecule has 20 heavy (non-hydrogen) atoms. The smallest absolute Gasteiger partial charge is 0.257 e. The van der Waals surface area contributed by atoms with E-state index < -0.39 is 5.60 Å². The van der Waals surface area contributed by atoms with Crippen LogP contribution < -0.4 is 5.32 Å². The molecule has 0 aliphatic carbocycles. The number of piperidine rings is 3. The van der Waals surface area contributed by atoms with E-state index in [9.17, 15) is 9.90 Å². The summed E-state index contributed by atoms with van der Waals surface area (Å²) < 4.78 is 0. The lowest BCUT2D eigenvalue weighted by molar-refractivity contribution is -0.143. The lowest BCUT2D eigenvalue weighted by Gasteiger charge is -2.45. The van der Waals surface area contributed by atoms with Crippen LogP contribution in [0.25, 0.3) is 0 Å². The fourth-order valence-corrected chi connectivity index (χ4v) is 4.27. The van der Waals surface area contributed by atoms with E-state index in [2.05, 4.69) is 10.2 Å². The Morgan fingerprint density at radius 1 is 1.55 bits per heavy atom. The number of carbonyl (C=O) groups is 1. The third-order valence-electron chi connectivity index (χ3n) is 4.79. The standard InChI is InChI=1S/C15H22N2O2S/c1-2-15(19,13-4-3-9-20-13)14(18)16-12-10-17-7-5-11(12)6-8-17/h3-4,9,11-12,19H,2,5-8,10H2,1H3,(H,16,18)/t12-,15+/m0/s1. The second-order valence-corrected chi connectivity index (χ2v) is 6.86. The zero-order valence-corrected chi connectivity index (χ0v) is 12.7. The number of hydrogen-bond acceptors (Lipinski definition) is 4. The van der Waals surface area contributed by atoms with Crippen molar-refractivity contribution in [2.24, 2.45) is 5.92 Å². The highest BCUT2D eigenvalue weighted by Gasteiger charge is 2.41. The number of thiophene rings is 1. The number of carbonyl (C=O) groups excluding carboxylic acids is 1. The van der Waals surface area contributed by atoms with E-state index in [4.69, 9.17) is 0 Å². The molecule has 4 nitrogen and oxygen atoms in total. The number of hydrogen-bond donors (Lipinski definition) is 2. The molecule has 0 spiro atoms. The minimum Gasteiger partial charge on any atom is -0.375 e. The van der Waals surface area contributed by atoms with Gasteiger partial charge in [-0.3, -0.25) is 4.79 Å². The van der Waals surface area contributed by atoms with E-state index >= 15 is 0 Å². The number of rotatable bonds is 4. The summed E-state index contributed by atoms with van der Waals surface area (Å²) >= 11 is 1.44. The van der Waals surface area contributed by atoms with E-state index in [-0.39, 0.29) is 11.9 Å². The minimum atomic E-state index is -1.37. The fraction of sp³-hybridized carbons (Fsp3) is 0.667. The Morgan fingerprint density at radius 3 is 2.80 bits per heavy atom. The molecule has 3 aliphatic heterocycles. The Morgan fingerprint density at radius 2 is 2.30 bits per heavy atom. The Labute approximate surface area is 123 Å². The highest BCUT2D eigenvalue weighted by atomic mass is 32.1. The highest BCUT2D eigenvalue weighted by molar-refractivity contribution is 7.10. The minimum absolute atomic E-state index is 0.197. The van der Waals surface area contributed by atoms with Crippen molar-refractivity contribution < 1.29 is 9.90 Å². The Kier molecular flexibility index (Phi) is 3.84. The normalized spacial score (nSPS) is 31.8. The lowest BCUT2D eigenvalue weighted by Crippen LogP contribution is -2.59. The lowest BCUT2D eigenvalue weighted by atomic mass is 9.83. The number of aliphatic hydroxyl groups is 1. The van der Waals surface area contributed by atoms with Gasteiger partial charge in [-0.2, -0.15) is 0 Å². The first-order valence-corrected chi connectivity index (χ1v) is 8.31. The van der Waals surface area contributed by atoms with Crippen molar-refractivity contribution in [3.05, 3.63) is 22.4 Å². The maximum absolute atomic E-state index is 12.6. The maximum atomic E-state index is 12.6. The number of nitrogens with zero attached hydrogens (tertiary/aromatic N) is 1. The first-order chi connectivity index (χ1) is 9.63. The molecular formula is C15H22N2O2S. The first-order valence-electron chi connectivity index (χ1n) is 7.43. The molecule has 0 saturated carbocycles. The van der Waals surface area contributed by atoms with Gasteiger partial charge in [-0.25, -0.2) is 0 Å². The van der Waals surface area contributed by atoms with E-state index in [1.54, 1.807) is 0 Å². The number of amides is 1. The van der Waals surface area contributed by atoms with Crippen LogP contribution in [0.4, 0.5) is 0 Å². The monoisotopic (exact) mass is 294 g/mol. The molecule has 0 unspecified atom stereocenters. The first kappa shape index (κ1) is 14.0. The maximum Gasteiger partial charge on any atom is 0.257 e. The van der Waals surface area contributed by atoms with Gasteiger partial charge in [0.2, 0.25) is 0 Å². The van der Waals surface area contributed by atoms with Gasteiger partial charge < -0.3 is 15.3 Å². The molecule has 2 N–H and O–H groups in total. The van der Waals surface area contributed by atoms with Gasteiger partial charge >= 0.3 is 0 Å². The van der Waals surface area contributed by atoms with Crippen LogP contribution in [0.1, 0.15) is 31.1 Å². The van der Waals surface area contributed by atoms with E-state index in [1.165, 1.54) is 11.3 Å². The Balaban J connectivity index is 1.72. The fourth-order valence-electron chi connectivity index (χ4n) is 3.38. The van der Waals surface area contributed by atoms with Gasteiger partial charge in [0.15, 0.2) is 5.60 Å². The molecule has 1 aromatic rings. The molecule has 0 aromatic carbocycles. The van der Waals surface area contributed by atoms with Gasteiger partial charge in [0.1, 0.15) is 0 Å². The third kappa shape index (κ3) is 2.38. The van der Waals surface area contributed by atoms with Gasteiger partial charge in [-0.15, -0.1) is 11.3 Å². The summed E-state index contributed by atoms with van der Waals surface area (Å²) in [5, 5.41) is 15.7. The van der Waals surface area contributed by atoms with Crippen LogP contribution in [-0.2, 0) is 10.4 Å². The summed E-state index contributed by atoms with van der Waals surface area (Å²) in [4.78, 5) is 15.7. The van der Waals surface area contributed by atoms with Crippen molar-refractivity contribution in [1.29, 1.82) is 0 Å². The second-order valence-electron chi connectivity index (χ2n) is 5.91. The molecule has 1 amide bonds. The molecule has 1 aromatic heterocycles. The Hall–Kier alpha value is -0.910. The van der Waals surface area contributed by atoms with Crippen molar-refractivity contribution in [1.82, 2.24) is 10.2 Å². The molecule has 2 atom stereocenters. The average Bonchev–Trinajstić information content (AvgIpc) is 3.02. The van der Waals surface area contributed by atoms with Gasteiger partial charge in [-0.1, -0.05) is 13.0 Å². The molecule has 5 heteroatoms. The van der Waals surface area contributed by atoms with Crippen molar-refractivity contribution >= 4 is 17.2 Å². The number of nitrogens with one attached hydrogen (secondary N) is 1. The van der Waals surface area contributed by atoms with Crippen molar-refractivity contribution in [2.75, 3.05) is 19.6 Å². The number of fused-ring (bicyclic) bond motifs is 3. The molecule has 0 radical (unpaired) electrons. The van der Waals surface area contributed by atoms with Crippen LogP contribution in [0, 0.1) is 5.92 Å². The van der Waals surface area contributed by atoms with Crippen molar-refractivity contribution in [2.45, 2.75) is 37.8 Å². The molecule has 4 rings (SSSR count). The molecule has 110 valence electrons. The predicted molar refractivity (Wildman–Crippen MR) is 79.6 cm³/mol. The molecule has 3 aliphatic rings. The van der Waals surface area contributed by atoms with Crippen LogP contribution >= 0.6 is 11.3 Å². The molecule has 4 heterocycles. The van der Waals surface area contributed by atoms with E-state index in [0.29, 0.717) is 12.3 Å². The summed E-state index contributed by atoms with van der Waals surface area (Å²) in [6.45, 7) is 5.09. The molecule has 3 fully saturated rings. The quantitative estimate of drug-likeness (QED) is 0.886. The molecular weight excluding hydrogens is 272 g/mol. The van der Waals surface area contributed by atoms with Crippen molar-refractivity contribution in [3.8, 4) is 0 Å². The summed E-state index contributed by atoms with van der Waals surface area (Å²) in [5.74, 6) is 0.342. The average molecular weight is 294 g/mol. The summed E-state index contributed by atoms with van der Waals surface area (Å²) in [7, 11) is 0. The van der Waals surface area contributed by atoms with Gasteiger partial charge in [0.25, 0.3) is 5.91 Å². The summed E-state index contributed by atoms with van der Waals surface area (Å²) in [5.41, 5.74) is -1.37. The van der Waals surface area contributed by atoms with Crippen molar-refractivity contribution in [3.63, 3.8) is 0 Å². The van der Waals surface area contributed by atoms with Gasteiger partial charge in [-0.05, 0) is 49.7 Å². The molecule has 3 saturated heterocycles. The summed E-state index contributed by atoms with van der Waals surface area (Å²) in [6, 6.07) is 3.91. The zero-order chi connectivity index (χ0) is 14.2.